The number of aromatic nitrogens is 4. The number of H-pyrrole nitrogens is 1. The molecule has 1 heterocycles. The van der Waals surface area contributed by atoms with Gasteiger partial charge >= 0.3 is 0 Å². The van der Waals surface area contributed by atoms with E-state index >= 15 is 0 Å². The Labute approximate surface area is 140 Å². The molecule has 2 aromatic carbocycles. The van der Waals surface area contributed by atoms with Crippen molar-refractivity contribution >= 4 is 21.9 Å². The predicted molar refractivity (Wildman–Crippen MR) is 86.4 cm³/mol. The molecule has 118 valence electrons. The molecule has 0 radical (unpaired) electrons. The summed E-state index contributed by atoms with van der Waals surface area (Å²) >= 11 is 3.44. The van der Waals surface area contributed by atoms with Crippen LogP contribution in [0.5, 0.6) is 5.75 Å². The first-order valence-electron chi connectivity index (χ1n) is 6.84. The van der Waals surface area contributed by atoms with Gasteiger partial charge in [-0.2, -0.15) is 5.21 Å². The number of halogens is 2. The molecule has 0 saturated carbocycles. The maximum absolute atomic E-state index is 12.9. The van der Waals surface area contributed by atoms with Crippen molar-refractivity contribution in [1.29, 1.82) is 0 Å². The third-order valence-corrected chi connectivity index (χ3v) is 3.61. The molecular formula is C15H13BrFN5O. The van der Waals surface area contributed by atoms with Crippen molar-refractivity contribution in [1.82, 2.24) is 20.6 Å². The number of nitrogens with one attached hydrogen (secondary N) is 2. The van der Waals surface area contributed by atoms with Crippen molar-refractivity contribution in [3.63, 3.8) is 0 Å². The summed E-state index contributed by atoms with van der Waals surface area (Å²) in [7, 11) is 0. The topological polar surface area (TPSA) is 75.7 Å². The second-order valence-corrected chi connectivity index (χ2v) is 5.67. The second kappa shape index (κ2) is 7.19. The number of aromatic amines is 1. The van der Waals surface area contributed by atoms with E-state index in [2.05, 4.69) is 41.9 Å². The summed E-state index contributed by atoms with van der Waals surface area (Å²) in [6, 6.07) is 12.0. The number of hydrogen-bond donors (Lipinski definition) is 2. The van der Waals surface area contributed by atoms with E-state index < -0.39 is 0 Å². The van der Waals surface area contributed by atoms with Crippen LogP contribution in [0.1, 0.15) is 11.1 Å². The number of nitrogens with zero attached hydrogens (tertiary/aromatic N) is 3. The molecule has 0 aliphatic heterocycles. The number of benzene rings is 2. The molecule has 0 bridgehead atoms. The van der Waals surface area contributed by atoms with Crippen LogP contribution in [-0.4, -0.2) is 20.6 Å². The lowest BCUT2D eigenvalue weighted by Gasteiger charge is -2.12. The van der Waals surface area contributed by atoms with Crippen LogP contribution < -0.4 is 10.1 Å². The van der Waals surface area contributed by atoms with E-state index in [0.717, 1.165) is 21.3 Å². The third kappa shape index (κ3) is 4.26. The lowest BCUT2D eigenvalue weighted by molar-refractivity contribution is 0.303. The summed E-state index contributed by atoms with van der Waals surface area (Å²) in [5, 5.41) is 16.6. The van der Waals surface area contributed by atoms with Crippen LogP contribution >= 0.6 is 15.9 Å². The molecule has 0 saturated heterocycles. The zero-order chi connectivity index (χ0) is 16.1. The van der Waals surface area contributed by atoms with Crippen LogP contribution in [0, 0.1) is 5.82 Å². The van der Waals surface area contributed by atoms with Gasteiger partial charge in [-0.25, -0.2) is 4.39 Å². The minimum Gasteiger partial charge on any atom is -0.489 e. The molecule has 3 aromatic rings. The SMILES string of the molecule is Fc1ccc(COc2ccc(Br)cc2CNc2nn[nH]n2)cc1. The summed E-state index contributed by atoms with van der Waals surface area (Å²) in [4.78, 5) is 0. The van der Waals surface area contributed by atoms with E-state index in [4.69, 9.17) is 4.74 Å². The first-order chi connectivity index (χ1) is 11.2. The summed E-state index contributed by atoms with van der Waals surface area (Å²) < 4.78 is 19.7. The number of ether oxygens (including phenoxy) is 1. The largest absolute Gasteiger partial charge is 0.489 e. The quantitative estimate of drug-likeness (QED) is 0.689. The highest BCUT2D eigenvalue weighted by molar-refractivity contribution is 9.10. The molecule has 0 fully saturated rings. The van der Waals surface area contributed by atoms with E-state index in [-0.39, 0.29) is 5.82 Å². The molecular weight excluding hydrogens is 365 g/mol. The summed E-state index contributed by atoms with van der Waals surface area (Å²) in [6.45, 7) is 0.842. The maximum atomic E-state index is 12.9. The highest BCUT2D eigenvalue weighted by Gasteiger charge is 2.07. The van der Waals surface area contributed by atoms with Gasteiger partial charge in [0.05, 0.1) is 0 Å². The van der Waals surface area contributed by atoms with Gasteiger partial charge in [-0.05, 0) is 41.1 Å². The van der Waals surface area contributed by atoms with Crippen LogP contribution in [0.15, 0.2) is 46.9 Å². The van der Waals surface area contributed by atoms with E-state index in [1.807, 2.05) is 18.2 Å². The van der Waals surface area contributed by atoms with Crippen molar-refractivity contribution in [3.05, 3.63) is 63.9 Å². The summed E-state index contributed by atoms with van der Waals surface area (Å²) in [5.41, 5.74) is 1.83. The van der Waals surface area contributed by atoms with Gasteiger partial charge in [0.2, 0.25) is 0 Å². The van der Waals surface area contributed by atoms with Crippen molar-refractivity contribution in [2.45, 2.75) is 13.2 Å². The van der Waals surface area contributed by atoms with Gasteiger partial charge in [0.25, 0.3) is 5.95 Å². The summed E-state index contributed by atoms with van der Waals surface area (Å²) in [6.07, 6.45) is 0. The molecule has 2 N–H and O–H groups in total. The Morgan fingerprint density at radius 1 is 1.17 bits per heavy atom. The first kappa shape index (κ1) is 15.4. The smallest absolute Gasteiger partial charge is 0.263 e. The average Bonchev–Trinajstić information content (AvgIpc) is 3.07. The second-order valence-electron chi connectivity index (χ2n) is 4.76. The number of hydrogen-bond acceptors (Lipinski definition) is 5. The van der Waals surface area contributed by atoms with E-state index in [1.54, 1.807) is 12.1 Å². The van der Waals surface area contributed by atoms with E-state index in [1.165, 1.54) is 12.1 Å². The fourth-order valence-corrected chi connectivity index (χ4v) is 2.39. The number of tetrazole rings is 1. The highest BCUT2D eigenvalue weighted by Crippen LogP contribution is 2.25. The molecule has 0 amide bonds. The highest BCUT2D eigenvalue weighted by atomic mass is 79.9. The van der Waals surface area contributed by atoms with Crippen LogP contribution in [0.4, 0.5) is 10.3 Å². The standard InChI is InChI=1S/C15H13BrFN5O/c16-12-3-6-14(23-9-10-1-4-13(17)5-2-10)11(7-12)8-18-15-19-21-22-20-15/h1-7H,8-9H2,(H2,18,19,20,21,22). The van der Waals surface area contributed by atoms with Gasteiger partial charge in [0, 0.05) is 16.6 Å². The lowest BCUT2D eigenvalue weighted by Crippen LogP contribution is -2.05. The lowest BCUT2D eigenvalue weighted by atomic mass is 10.2. The minimum absolute atomic E-state index is 0.262. The maximum Gasteiger partial charge on any atom is 0.263 e. The Kier molecular flexibility index (Phi) is 4.82. The monoisotopic (exact) mass is 377 g/mol. The van der Waals surface area contributed by atoms with Gasteiger partial charge in [0.15, 0.2) is 0 Å². The van der Waals surface area contributed by atoms with Gasteiger partial charge in [0.1, 0.15) is 18.2 Å². The molecule has 23 heavy (non-hydrogen) atoms. The van der Waals surface area contributed by atoms with Gasteiger partial charge in [-0.3, -0.25) is 0 Å². The van der Waals surface area contributed by atoms with Crippen LogP contribution in [0.2, 0.25) is 0 Å². The predicted octanol–water partition coefficient (Wildman–Crippen LogP) is 3.29. The Hall–Kier alpha value is -2.48. The third-order valence-electron chi connectivity index (χ3n) is 3.11. The van der Waals surface area contributed by atoms with Crippen molar-refractivity contribution in [2.24, 2.45) is 0 Å². The Morgan fingerprint density at radius 2 is 2.00 bits per heavy atom. The molecule has 0 aliphatic rings. The molecule has 0 spiro atoms. The fraction of sp³-hybridized carbons (Fsp3) is 0.133. The van der Waals surface area contributed by atoms with Gasteiger partial charge < -0.3 is 10.1 Å². The first-order valence-corrected chi connectivity index (χ1v) is 7.63. The summed E-state index contributed by atoms with van der Waals surface area (Å²) in [5.74, 6) is 0.880. The zero-order valence-corrected chi connectivity index (χ0v) is 13.5. The Bertz CT molecular complexity index is 764. The molecule has 1 aromatic heterocycles. The molecule has 0 atom stereocenters. The van der Waals surface area contributed by atoms with Crippen LogP contribution in [0.3, 0.4) is 0 Å². The Morgan fingerprint density at radius 3 is 2.74 bits per heavy atom. The van der Waals surface area contributed by atoms with Gasteiger partial charge in [-0.15, -0.1) is 5.10 Å². The van der Waals surface area contributed by atoms with E-state index in [9.17, 15) is 4.39 Å². The van der Waals surface area contributed by atoms with Crippen molar-refractivity contribution in [2.75, 3.05) is 5.32 Å². The zero-order valence-electron chi connectivity index (χ0n) is 12.0. The molecule has 6 nitrogen and oxygen atoms in total. The normalized spacial score (nSPS) is 10.5. The minimum atomic E-state index is -0.262. The molecule has 3 rings (SSSR count). The van der Waals surface area contributed by atoms with Crippen molar-refractivity contribution < 1.29 is 9.13 Å². The van der Waals surface area contributed by atoms with Crippen LogP contribution in [-0.2, 0) is 13.2 Å². The molecule has 8 heteroatoms. The van der Waals surface area contributed by atoms with Gasteiger partial charge in [-0.1, -0.05) is 33.2 Å². The Balaban J connectivity index is 1.69. The average molecular weight is 378 g/mol. The van der Waals surface area contributed by atoms with Crippen LogP contribution in [0.25, 0.3) is 0 Å². The molecule has 0 unspecified atom stereocenters. The van der Waals surface area contributed by atoms with Crippen molar-refractivity contribution in [3.8, 4) is 5.75 Å². The fourth-order valence-electron chi connectivity index (χ4n) is 1.98. The van der Waals surface area contributed by atoms with E-state index in [0.29, 0.717) is 19.1 Å². The molecule has 0 aliphatic carbocycles. The number of anilines is 1. The number of rotatable bonds is 6.